The highest BCUT2D eigenvalue weighted by Crippen LogP contribution is 2.11. The molecule has 1 aromatic heterocycles. The maximum absolute atomic E-state index is 12.3. The predicted molar refractivity (Wildman–Crippen MR) is 86.5 cm³/mol. The van der Waals surface area contributed by atoms with Crippen LogP contribution in [0, 0.1) is 0 Å². The van der Waals surface area contributed by atoms with Gasteiger partial charge in [-0.25, -0.2) is 4.79 Å². The van der Waals surface area contributed by atoms with Crippen molar-refractivity contribution < 1.29 is 4.79 Å². The summed E-state index contributed by atoms with van der Waals surface area (Å²) in [7, 11) is 0. The molecule has 0 aliphatic rings. The van der Waals surface area contributed by atoms with Crippen LogP contribution in [0.1, 0.15) is 29.1 Å². The lowest BCUT2D eigenvalue weighted by molar-refractivity contribution is 0.0929. The Morgan fingerprint density at radius 1 is 1.09 bits per heavy atom. The maximum Gasteiger partial charge on any atom is 0.348 e. The number of para-hydroxylation sites is 1. The van der Waals surface area contributed by atoms with E-state index in [9.17, 15) is 9.59 Å². The minimum absolute atomic E-state index is 0.0124. The van der Waals surface area contributed by atoms with E-state index in [4.69, 9.17) is 0 Å². The van der Waals surface area contributed by atoms with Crippen LogP contribution in [-0.4, -0.2) is 20.7 Å². The molecule has 0 fully saturated rings. The smallest absolute Gasteiger partial charge is 0.343 e. The number of hydrogen-bond acceptors (Lipinski definition) is 3. The van der Waals surface area contributed by atoms with Gasteiger partial charge >= 0.3 is 5.69 Å². The number of rotatable bonds is 4. The number of aromatic nitrogens is 3. The third-order valence-corrected chi connectivity index (χ3v) is 3.48. The van der Waals surface area contributed by atoms with Crippen molar-refractivity contribution in [2.45, 2.75) is 13.0 Å². The quantitative estimate of drug-likeness (QED) is 0.774. The van der Waals surface area contributed by atoms with Gasteiger partial charge in [0.05, 0.1) is 11.7 Å². The lowest BCUT2D eigenvalue weighted by Gasteiger charge is -2.12. The van der Waals surface area contributed by atoms with Crippen LogP contribution in [0.5, 0.6) is 0 Å². The van der Waals surface area contributed by atoms with E-state index in [-0.39, 0.29) is 11.9 Å². The fraction of sp³-hybridized carbons (Fsp3) is 0.118. The average Bonchev–Trinajstić information content (AvgIpc) is 2.98. The summed E-state index contributed by atoms with van der Waals surface area (Å²) in [5.41, 5.74) is 1.13. The van der Waals surface area contributed by atoms with Crippen LogP contribution in [0.2, 0.25) is 0 Å². The van der Waals surface area contributed by atoms with Crippen LogP contribution in [0.25, 0.3) is 5.69 Å². The first-order chi connectivity index (χ1) is 11.1. The highest BCUT2D eigenvalue weighted by molar-refractivity contribution is 5.90. The average molecular weight is 308 g/mol. The Bertz CT molecular complexity index is 853. The van der Waals surface area contributed by atoms with Gasteiger partial charge in [-0.3, -0.25) is 9.78 Å². The SMILES string of the molecule is CC(NC(=O)c1nn(-c2ccccc2)c(=O)[nH]1)c1ccccc1. The molecule has 0 saturated carbocycles. The van der Waals surface area contributed by atoms with E-state index in [0.29, 0.717) is 5.69 Å². The van der Waals surface area contributed by atoms with Crippen LogP contribution in [0.15, 0.2) is 65.5 Å². The molecule has 0 bridgehead atoms. The van der Waals surface area contributed by atoms with Gasteiger partial charge in [0.1, 0.15) is 0 Å². The standard InChI is InChI=1S/C17H16N4O2/c1-12(13-8-4-2-5-9-13)18-16(22)15-19-17(23)21(20-15)14-10-6-3-7-11-14/h2-12H,1H3,(H,18,22)(H,19,20,23). The lowest BCUT2D eigenvalue weighted by Crippen LogP contribution is -2.27. The number of H-pyrrole nitrogens is 1. The highest BCUT2D eigenvalue weighted by atomic mass is 16.2. The molecule has 23 heavy (non-hydrogen) atoms. The molecule has 6 nitrogen and oxygen atoms in total. The van der Waals surface area contributed by atoms with Crippen molar-refractivity contribution >= 4 is 5.91 Å². The zero-order valence-corrected chi connectivity index (χ0v) is 12.6. The first-order valence-corrected chi connectivity index (χ1v) is 7.26. The molecule has 0 spiro atoms. The summed E-state index contributed by atoms with van der Waals surface area (Å²) in [5, 5.41) is 6.88. The molecule has 116 valence electrons. The molecule has 1 amide bonds. The van der Waals surface area contributed by atoms with Gasteiger partial charge in [0.15, 0.2) is 0 Å². The Hall–Kier alpha value is -3.15. The summed E-state index contributed by atoms with van der Waals surface area (Å²) in [5.74, 6) is -0.435. The molecule has 0 saturated heterocycles. The van der Waals surface area contributed by atoms with Gasteiger partial charge in [0.2, 0.25) is 5.82 Å². The topological polar surface area (TPSA) is 79.8 Å². The Morgan fingerprint density at radius 2 is 1.70 bits per heavy atom. The molecule has 0 radical (unpaired) electrons. The predicted octanol–water partition coefficient (Wildman–Crippen LogP) is 2.05. The van der Waals surface area contributed by atoms with Gasteiger partial charge in [0, 0.05) is 0 Å². The fourth-order valence-corrected chi connectivity index (χ4v) is 2.26. The molecule has 1 heterocycles. The number of aromatic amines is 1. The number of hydrogen-bond donors (Lipinski definition) is 2. The van der Waals surface area contributed by atoms with E-state index in [2.05, 4.69) is 15.4 Å². The van der Waals surface area contributed by atoms with E-state index < -0.39 is 11.6 Å². The number of amides is 1. The summed E-state index contributed by atoms with van der Waals surface area (Å²) in [6.07, 6.45) is 0. The summed E-state index contributed by atoms with van der Waals surface area (Å²) >= 11 is 0. The monoisotopic (exact) mass is 308 g/mol. The molecule has 3 aromatic rings. The summed E-state index contributed by atoms with van der Waals surface area (Å²) in [6, 6.07) is 18.3. The van der Waals surface area contributed by atoms with Crippen LogP contribution in [-0.2, 0) is 0 Å². The van der Waals surface area contributed by atoms with Crippen molar-refractivity contribution in [1.29, 1.82) is 0 Å². The number of nitrogens with one attached hydrogen (secondary N) is 2. The number of nitrogens with zero attached hydrogens (tertiary/aromatic N) is 2. The minimum atomic E-state index is -0.450. The van der Waals surface area contributed by atoms with Gasteiger partial charge in [-0.1, -0.05) is 48.5 Å². The second kappa shape index (κ2) is 6.31. The lowest BCUT2D eigenvalue weighted by atomic mass is 10.1. The zero-order chi connectivity index (χ0) is 16.2. The van der Waals surface area contributed by atoms with E-state index in [1.807, 2.05) is 43.3 Å². The van der Waals surface area contributed by atoms with Crippen molar-refractivity contribution in [1.82, 2.24) is 20.1 Å². The molecule has 0 aliphatic heterocycles. The summed E-state index contributed by atoms with van der Waals surface area (Å²) in [4.78, 5) is 26.7. The Kier molecular flexibility index (Phi) is 4.05. The van der Waals surface area contributed by atoms with Crippen molar-refractivity contribution in [3.8, 4) is 5.69 Å². The Labute approximate surface area is 132 Å². The molecular formula is C17H16N4O2. The molecule has 2 N–H and O–H groups in total. The number of carbonyl (C=O) groups is 1. The van der Waals surface area contributed by atoms with Gasteiger partial charge in [-0.2, -0.15) is 4.68 Å². The van der Waals surface area contributed by atoms with Gasteiger partial charge in [-0.05, 0) is 24.6 Å². The molecule has 0 aliphatic carbocycles. The van der Waals surface area contributed by atoms with Gasteiger partial charge < -0.3 is 5.32 Å². The summed E-state index contributed by atoms with van der Waals surface area (Å²) in [6.45, 7) is 1.87. The highest BCUT2D eigenvalue weighted by Gasteiger charge is 2.16. The van der Waals surface area contributed by atoms with Crippen LogP contribution in [0.4, 0.5) is 0 Å². The van der Waals surface area contributed by atoms with Crippen molar-refractivity contribution in [2.24, 2.45) is 0 Å². The number of benzene rings is 2. The van der Waals surface area contributed by atoms with Gasteiger partial charge in [0.25, 0.3) is 5.91 Å². The molecule has 2 aromatic carbocycles. The van der Waals surface area contributed by atoms with Gasteiger partial charge in [-0.15, -0.1) is 5.10 Å². The van der Waals surface area contributed by atoms with Crippen LogP contribution in [0.3, 0.4) is 0 Å². The summed E-state index contributed by atoms with van der Waals surface area (Å²) < 4.78 is 1.17. The zero-order valence-electron chi connectivity index (χ0n) is 12.6. The van der Waals surface area contributed by atoms with E-state index in [1.54, 1.807) is 24.3 Å². The Morgan fingerprint density at radius 3 is 2.35 bits per heavy atom. The third-order valence-electron chi connectivity index (χ3n) is 3.48. The van der Waals surface area contributed by atoms with E-state index in [1.165, 1.54) is 4.68 Å². The molecular weight excluding hydrogens is 292 g/mol. The van der Waals surface area contributed by atoms with Crippen molar-refractivity contribution in [3.63, 3.8) is 0 Å². The minimum Gasteiger partial charge on any atom is -0.343 e. The van der Waals surface area contributed by atoms with Crippen molar-refractivity contribution in [2.75, 3.05) is 0 Å². The maximum atomic E-state index is 12.3. The second-order valence-corrected chi connectivity index (χ2v) is 5.13. The first-order valence-electron chi connectivity index (χ1n) is 7.26. The largest absolute Gasteiger partial charge is 0.348 e. The molecule has 1 atom stereocenters. The fourth-order valence-electron chi connectivity index (χ4n) is 2.26. The third kappa shape index (κ3) is 3.21. The first kappa shape index (κ1) is 14.8. The van der Waals surface area contributed by atoms with E-state index in [0.717, 1.165) is 5.56 Å². The molecule has 1 unspecified atom stereocenters. The van der Waals surface area contributed by atoms with Crippen LogP contribution < -0.4 is 11.0 Å². The molecule has 3 rings (SSSR count). The molecule has 6 heteroatoms. The van der Waals surface area contributed by atoms with Crippen molar-refractivity contribution in [3.05, 3.63) is 82.5 Å². The normalized spacial score (nSPS) is 11.9. The Balaban J connectivity index is 1.80. The number of carbonyl (C=O) groups excluding carboxylic acids is 1. The van der Waals surface area contributed by atoms with Crippen LogP contribution >= 0.6 is 0 Å². The van der Waals surface area contributed by atoms with E-state index >= 15 is 0 Å². The second-order valence-electron chi connectivity index (χ2n) is 5.13.